The summed E-state index contributed by atoms with van der Waals surface area (Å²) in [5, 5.41) is 6.22. The van der Waals surface area contributed by atoms with E-state index in [-0.39, 0.29) is 11.9 Å². The molecule has 0 saturated carbocycles. The number of nitrogens with zero attached hydrogens (tertiary/aromatic N) is 1. The molecule has 2 rings (SSSR count). The molecule has 0 fully saturated rings. The van der Waals surface area contributed by atoms with E-state index in [4.69, 9.17) is 0 Å². The Balaban J connectivity index is 1.97. The summed E-state index contributed by atoms with van der Waals surface area (Å²) in [5.74, 6) is 0.138. The van der Waals surface area contributed by atoms with Crippen LogP contribution in [0, 0.1) is 0 Å². The molecule has 116 valence electrons. The van der Waals surface area contributed by atoms with Gasteiger partial charge in [-0.15, -0.1) is 0 Å². The highest BCUT2D eigenvalue weighted by Gasteiger charge is 2.20. The van der Waals surface area contributed by atoms with Crippen molar-refractivity contribution >= 4 is 11.6 Å². The molecule has 0 aromatic heterocycles. The molecule has 0 aliphatic carbocycles. The highest BCUT2D eigenvalue weighted by molar-refractivity contribution is 5.77. The van der Waals surface area contributed by atoms with Gasteiger partial charge in [-0.1, -0.05) is 12.1 Å². The Morgan fingerprint density at radius 3 is 2.76 bits per heavy atom. The van der Waals surface area contributed by atoms with Crippen LogP contribution in [-0.2, 0) is 11.2 Å². The van der Waals surface area contributed by atoms with Gasteiger partial charge in [0, 0.05) is 37.3 Å². The fourth-order valence-electron chi connectivity index (χ4n) is 2.79. The van der Waals surface area contributed by atoms with E-state index in [9.17, 15) is 4.79 Å². The van der Waals surface area contributed by atoms with Crippen LogP contribution >= 0.6 is 0 Å². The van der Waals surface area contributed by atoms with Crippen LogP contribution < -0.4 is 15.5 Å². The molecule has 1 aliphatic rings. The van der Waals surface area contributed by atoms with Gasteiger partial charge in [0.1, 0.15) is 0 Å². The Morgan fingerprint density at radius 1 is 1.33 bits per heavy atom. The number of nitrogens with one attached hydrogen (secondary N) is 2. The number of amides is 1. The second-order valence-corrected chi connectivity index (χ2v) is 6.11. The average Bonchev–Trinajstić information content (AvgIpc) is 2.85. The minimum atomic E-state index is 0.138. The van der Waals surface area contributed by atoms with Crippen LogP contribution in [0.4, 0.5) is 5.69 Å². The van der Waals surface area contributed by atoms with E-state index in [0.29, 0.717) is 12.5 Å². The number of hydrogen-bond acceptors (Lipinski definition) is 3. The first kappa shape index (κ1) is 15.8. The molecule has 4 heteroatoms. The van der Waals surface area contributed by atoms with Crippen molar-refractivity contribution in [2.45, 2.75) is 45.7 Å². The van der Waals surface area contributed by atoms with Crippen molar-refractivity contribution in [2.24, 2.45) is 0 Å². The maximum Gasteiger partial charge on any atom is 0.221 e. The summed E-state index contributed by atoms with van der Waals surface area (Å²) in [6.07, 6.45) is 1.64. The van der Waals surface area contributed by atoms with Gasteiger partial charge in [-0.3, -0.25) is 4.79 Å². The molecular formula is C17H27N3O. The molecule has 1 unspecified atom stereocenters. The van der Waals surface area contributed by atoms with E-state index >= 15 is 0 Å². The van der Waals surface area contributed by atoms with Gasteiger partial charge in [0.15, 0.2) is 0 Å². The van der Waals surface area contributed by atoms with Crippen molar-refractivity contribution in [1.82, 2.24) is 10.6 Å². The lowest BCUT2D eigenvalue weighted by Crippen LogP contribution is -2.33. The molecule has 0 radical (unpaired) electrons. The van der Waals surface area contributed by atoms with E-state index in [2.05, 4.69) is 40.7 Å². The van der Waals surface area contributed by atoms with Gasteiger partial charge >= 0.3 is 0 Å². The molecule has 21 heavy (non-hydrogen) atoms. The molecule has 1 amide bonds. The topological polar surface area (TPSA) is 44.4 Å². The summed E-state index contributed by atoms with van der Waals surface area (Å²) in [4.78, 5) is 14.1. The van der Waals surface area contributed by atoms with Crippen LogP contribution in [0.5, 0.6) is 0 Å². The Bertz CT molecular complexity index is 499. The fourth-order valence-corrected chi connectivity index (χ4v) is 2.79. The first-order valence-electron chi connectivity index (χ1n) is 7.85. The van der Waals surface area contributed by atoms with Crippen molar-refractivity contribution < 1.29 is 4.79 Å². The fraction of sp³-hybridized carbons (Fsp3) is 0.588. The number of benzene rings is 1. The van der Waals surface area contributed by atoms with E-state index in [0.717, 1.165) is 19.5 Å². The van der Waals surface area contributed by atoms with Crippen molar-refractivity contribution in [3.63, 3.8) is 0 Å². The molecular weight excluding hydrogens is 262 g/mol. The molecule has 0 saturated heterocycles. The van der Waals surface area contributed by atoms with Gasteiger partial charge in [-0.2, -0.15) is 0 Å². The van der Waals surface area contributed by atoms with Gasteiger partial charge < -0.3 is 15.5 Å². The first-order valence-corrected chi connectivity index (χ1v) is 7.85. The van der Waals surface area contributed by atoms with Crippen LogP contribution in [-0.4, -0.2) is 32.1 Å². The second-order valence-electron chi connectivity index (χ2n) is 6.11. The summed E-state index contributed by atoms with van der Waals surface area (Å²) >= 11 is 0. The largest absolute Gasteiger partial charge is 0.370 e. The molecule has 1 aliphatic heterocycles. The van der Waals surface area contributed by atoms with E-state index in [1.54, 1.807) is 0 Å². The molecule has 1 aromatic rings. The third kappa shape index (κ3) is 3.97. The van der Waals surface area contributed by atoms with Crippen molar-refractivity contribution in [1.29, 1.82) is 0 Å². The molecule has 1 heterocycles. The van der Waals surface area contributed by atoms with Gasteiger partial charge in [0.05, 0.1) is 0 Å². The van der Waals surface area contributed by atoms with Crippen molar-refractivity contribution in [3.8, 4) is 0 Å². The SMILES string of the molecule is CNC(C)c1ccc2c(c1)CCN2CCC(=O)NC(C)C. The summed E-state index contributed by atoms with van der Waals surface area (Å²) in [6, 6.07) is 7.28. The number of fused-ring (bicyclic) bond motifs is 1. The minimum Gasteiger partial charge on any atom is -0.370 e. The van der Waals surface area contributed by atoms with Crippen LogP contribution in [0.15, 0.2) is 18.2 Å². The lowest BCUT2D eigenvalue weighted by molar-refractivity contribution is -0.121. The molecule has 0 bridgehead atoms. The summed E-state index contributed by atoms with van der Waals surface area (Å²) < 4.78 is 0. The van der Waals surface area contributed by atoms with Crippen LogP contribution in [0.2, 0.25) is 0 Å². The zero-order chi connectivity index (χ0) is 15.4. The van der Waals surface area contributed by atoms with Crippen LogP contribution in [0.25, 0.3) is 0 Å². The van der Waals surface area contributed by atoms with Gasteiger partial charge in [-0.25, -0.2) is 0 Å². The highest BCUT2D eigenvalue weighted by Crippen LogP contribution is 2.30. The quantitative estimate of drug-likeness (QED) is 0.844. The zero-order valence-electron chi connectivity index (χ0n) is 13.6. The number of rotatable bonds is 6. The zero-order valence-corrected chi connectivity index (χ0v) is 13.6. The predicted molar refractivity (Wildman–Crippen MR) is 87.7 cm³/mol. The van der Waals surface area contributed by atoms with E-state index < -0.39 is 0 Å². The number of carbonyl (C=O) groups excluding carboxylic acids is 1. The summed E-state index contributed by atoms with van der Waals surface area (Å²) in [6.45, 7) is 7.97. The summed E-state index contributed by atoms with van der Waals surface area (Å²) in [7, 11) is 1.98. The van der Waals surface area contributed by atoms with E-state index in [1.807, 2.05) is 20.9 Å². The Morgan fingerprint density at radius 2 is 2.10 bits per heavy atom. The monoisotopic (exact) mass is 289 g/mol. The van der Waals surface area contributed by atoms with Gasteiger partial charge in [-0.05, 0) is 51.4 Å². The first-order chi connectivity index (χ1) is 10.0. The number of anilines is 1. The number of hydrogen-bond donors (Lipinski definition) is 2. The average molecular weight is 289 g/mol. The smallest absolute Gasteiger partial charge is 0.221 e. The maximum atomic E-state index is 11.8. The van der Waals surface area contributed by atoms with Crippen molar-refractivity contribution in [2.75, 3.05) is 25.0 Å². The maximum absolute atomic E-state index is 11.8. The molecule has 2 N–H and O–H groups in total. The number of carbonyl (C=O) groups is 1. The molecule has 4 nitrogen and oxygen atoms in total. The van der Waals surface area contributed by atoms with Gasteiger partial charge in [0.2, 0.25) is 5.91 Å². The van der Waals surface area contributed by atoms with Crippen molar-refractivity contribution in [3.05, 3.63) is 29.3 Å². The van der Waals surface area contributed by atoms with Crippen LogP contribution in [0.1, 0.15) is 44.4 Å². The summed E-state index contributed by atoms with van der Waals surface area (Å²) in [5.41, 5.74) is 4.02. The highest BCUT2D eigenvalue weighted by atomic mass is 16.1. The standard InChI is InChI=1S/C17H27N3O/c1-12(2)19-17(21)8-10-20-9-7-15-11-14(13(3)18-4)5-6-16(15)20/h5-6,11-13,18H,7-10H2,1-4H3,(H,19,21). The van der Waals surface area contributed by atoms with Gasteiger partial charge in [0.25, 0.3) is 0 Å². The lowest BCUT2D eigenvalue weighted by Gasteiger charge is -2.20. The normalized spacial score (nSPS) is 15.2. The second kappa shape index (κ2) is 6.94. The Labute approximate surface area is 127 Å². The molecule has 1 atom stereocenters. The molecule has 1 aromatic carbocycles. The predicted octanol–water partition coefficient (Wildman–Crippen LogP) is 2.24. The third-order valence-electron chi connectivity index (χ3n) is 4.09. The lowest BCUT2D eigenvalue weighted by atomic mass is 10.0. The Kier molecular flexibility index (Phi) is 5.23. The van der Waals surface area contributed by atoms with E-state index in [1.165, 1.54) is 16.8 Å². The van der Waals surface area contributed by atoms with Crippen LogP contribution in [0.3, 0.4) is 0 Å². The molecule has 0 spiro atoms. The third-order valence-corrected chi connectivity index (χ3v) is 4.09. The Hall–Kier alpha value is -1.55. The minimum absolute atomic E-state index is 0.138.